The van der Waals surface area contributed by atoms with Crippen molar-refractivity contribution in [1.82, 2.24) is 0 Å². The van der Waals surface area contributed by atoms with Gasteiger partial charge in [-0.15, -0.1) is 0 Å². The van der Waals surface area contributed by atoms with Crippen molar-refractivity contribution < 1.29 is 0 Å². The lowest BCUT2D eigenvalue weighted by molar-refractivity contribution is -0.0399. The van der Waals surface area contributed by atoms with Gasteiger partial charge >= 0.3 is 0 Å². The maximum atomic E-state index is 2.68. The predicted octanol–water partition coefficient (Wildman–Crippen LogP) is 15.4. The minimum Gasteiger partial charge on any atom is -0.310 e. The number of benzene rings is 7. The van der Waals surface area contributed by atoms with Gasteiger partial charge in [-0.25, -0.2) is 0 Å². The molecule has 0 radical (unpaired) electrons. The first-order valence-electron chi connectivity index (χ1n) is 22.7. The first-order valence-corrected chi connectivity index (χ1v) is 22.7. The van der Waals surface area contributed by atoms with Crippen LogP contribution in [0.5, 0.6) is 0 Å². The van der Waals surface area contributed by atoms with Crippen LogP contribution >= 0.6 is 0 Å². The Morgan fingerprint density at radius 3 is 1.68 bits per heavy atom. The second-order valence-electron chi connectivity index (χ2n) is 19.2. The van der Waals surface area contributed by atoms with Crippen LogP contribution in [-0.2, 0) is 10.8 Å². The fraction of sp³-hybridized carbons (Fsp3) is 0.276. The summed E-state index contributed by atoms with van der Waals surface area (Å²) in [6, 6.07) is 63.4. The molecule has 0 saturated heterocycles. The summed E-state index contributed by atoms with van der Waals surface area (Å²) in [5.74, 6) is 3.27. The average molecular weight is 762 g/mol. The lowest BCUT2D eigenvalue weighted by atomic mass is 9.43. The van der Waals surface area contributed by atoms with Crippen LogP contribution < -0.4 is 4.90 Å². The van der Waals surface area contributed by atoms with Gasteiger partial charge in [0, 0.05) is 27.8 Å². The van der Waals surface area contributed by atoms with E-state index in [-0.39, 0.29) is 10.8 Å². The fourth-order valence-electron chi connectivity index (χ4n) is 14.4. The van der Waals surface area contributed by atoms with Gasteiger partial charge in [-0.3, -0.25) is 0 Å². The van der Waals surface area contributed by atoms with E-state index in [2.05, 4.69) is 169 Å². The van der Waals surface area contributed by atoms with Gasteiger partial charge < -0.3 is 4.90 Å². The van der Waals surface area contributed by atoms with Crippen LogP contribution in [0.4, 0.5) is 17.1 Å². The normalized spacial score (nSPS) is 24.8. The van der Waals surface area contributed by atoms with Gasteiger partial charge in [0.05, 0.1) is 5.69 Å². The van der Waals surface area contributed by atoms with Gasteiger partial charge in [-0.05, 0) is 166 Å². The predicted molar refractivity (Wildman–Crippen MR) is 245 cm³/mol. The summed E-state index contributed by atoms with van der Waals surface area (Å²) >= 11 is 0. The van der Waals surface area contributed by atoms with Gasteiger partial charge in [-0.2, -0.15) is 0 Å². The number of anilines is 3. The molecule has 7 aromatic rings. The molecule has 1 heteroatoms. The number of hydrogen-bond donors (Lipinski definition) is 0. The fourth-order valence-corrected chi connectivity index (χ4v) is 14.4. The minimum absolute atomic E-state index is 0.102. The summed E-state index contributed by atoms with van der Waals surface area (Å²) in [5, 5.41) is 0. The summed E-state index contributed by atoms with van der Waals surface area (Å²) in [4.78, 5) is 2.64. The first-order chi connectivity index (χ1) is 29.2. The molecule has 5 fully saturated rings. The van der Waals surface area contributed by atoms with Crippen molar-refractivity contribution in [3.8, 4) is 44.5 Å². The summed E-state index contributed by atoms with van der Waals surface area (Å²) in [5.41, 5.74) is 21.1. The van der Waals surface area contributed by atoms with Crippen molar-refractivity contribution in [3.05, 3.63) is 186 Å². The highest BCUT2D eigenvalue weighted by molar-refractivity contribution is 5.94. The van der Waals surface area contributed by atoms with Crippen LogP contribution in [0.1, 0.15) is 86.5 Å². The molecule has 4 bridgehead atoms. The van der Waals surface area contributed by atoms with Crippen molar-refractivity contribution in [3.63, 3.8) is 0 Å². The van der Waals surface area contributed by atoms with E-state index in [1.807, 2.05) is 0 Å². The van der Waals surface area contributed by atoms with Crippen LogP contribution in [0.3, 0.4) is 0 Å². The number of nitrogens with zero attached hydrogens (tertiary/aromatic N) is 1. The molecule has 5 saturated carbocycles. The molecule has 0 amide bonds. The Morgan fingerprint density at radius 1 is 0.373 bits per heavy atom. The minimum atomic E-state index is 0.102. The molecule has 0 heterocycles. The number of rotatable bonds is 5. The van der Waals surface area contributed by atoms with Gasteiger partial charge in [0.25, 0.3) is 0 Å². The molecule has 1 nitrogen and oxygen atoms in total. The monoisotopic (exact) mass is 761 g/mol. The second-order valence-corrected chi connectivity index (χ2v) is 19.2. The zero-order chi connectivity index (χ0) is 38.7. The Kier molecular flexibility index (Phi) is 7.49. The van der Waals surface area contributed by atoms with E-state index in [9.17, 15) is 0 Å². The third kappa shape index (κ3) is 4.85. The molecule has 7 aliphatic rings. The highest BCUT2D eigenvalue weighted by atomic mass is 15.1. The molecule has 7 aromatic carbocycles. The third-order valence-electron chi connectivity index (χ3n) is 16.4. The molecule has 0 N–H and O–H groups in total. The molecular formula is C58H51N. The van der Waals surface area contributed by atoms with Crippen LogP contribution in [0.25, 0.3) is 44.5 Å². The molecule has 0 aromatic heterocycles. The van der Waals surface area contributed by atoms with E-state index in [0.29, 0.717) is 0 Å². The lowest BCUT2D eigenvalue weighted by Gasteiger charge is -2.61. The average Bonchev–Trinajstić information content (AvgIpc) is 3.73. The molecule has 2 spiro atoms. The van der Waals surface area contributed by atoms with E-state index >= 15 is 0 Å². The van der Waals surface area contributed by atoms with Gasteiger partial charge in [-0.1, -0.05) is 147 Å². The van der Waals surface area contributed by atoms with E-state index in [1.165, 1.54) is 126 Å². The Morgan fingerprint density at radius 2 is 0.949 bits per heavy atom. The van der Waals surface area contributed by atoms with E-state index in [0.717, 1.165) is 23.7 Å². The van der Waals surface area contributed by atoms with Gasteiger partial charge in [0.2, 0.25) is 0 Å². The molecule has 7 aliphatic carbocycles. The van der Waals surface area contributed by atoms with E-state index in [4.69, 9.17) is 0 Å². The molecule has 0 unspecified atom stereocenters. The summed E-state index contributed by atoms with van der Waals surface area (Å²) in [6.45, 7) is 0. The molecular weight excluding hydrogens is 711 g/mol. The largest absolute Gasteiger partial charge is 0.310 e. The smallest absolute Gasteiger partial charge is 0.0540 e. The SMILES string of the molecule is c1ccc(-c2ccc(N(c3ccc4c(c3)-c3ccccc3C43CCCCC3)c3ccc4c(c3)C3(c5ccccc5-4)C4CC5CC(C4)CC3C5)c(-c3ccccc3)c2)cc1. The van der Waals surface area contributed by atoms with Crippen LogP contribution in [-0.4, -0.2) is 0 Å². The highest BCUT2D eigenvalue weighted by Gasteiger charge is 2.61. The second kappa shape index (κ2) is 12.9. The van der Waals surface area contributed by atoms with E-state index in [1.54, 1.807) is 22.3 Å². The summed E-state index contributed by atoms with van der Waals surface area (Å²) < 4.78 is 0. The first kappa shape index (κ1) is 34.2. The lowest BCUT2D eigenvalue weighted by Crippen LogP contribution is -2.55. The molecule has 59 heavy (non-hydrogen) atoms. The van der Waals surface area contributed by atoms with Crippen LogP contribution in [0.15, 0.2) is 164 Å². The topological polar surface area (TPSA) is 3.24 Å². The quantitative estimate of drug-likeness (QED) is 0.169. The van der Waals surface area contributed by atoms with Gasteiger partial charge in [0.1, 0.15) is 0 Å². The maximum absolute atomic E-state index is 2.68. The van der Waals surface area contributed by atoms with Crippen molar-refractivity contribution in [2.24, 2.45) is 23.7 Å². The molecule has 14 rings (SSSR count). The summed E-state index contributed by atoms with van der Waals surface area (Å²) in [7, 11) is 0. The third-order valence-corrected chi connectivity index (χ3v) is 16.4. The number of hydrogen-bond acceptors (Lipinski definition) is 1. The zero-order valence-electron chi connectivity index (χ0n) is 33.9. The highest BCUT2D eigenvalue weighted by Crippen LogP contribution is 2.70. The molecule has 288 valence electrons. The summed E-state index contributed by atoms with van der Waals surface area (Å²) in [6.07, 6.45) is 13.5. The Labute approximate surface area is 349 Å². The van der Waals surface area contributed by atoms with Crippen LogP contribution in [0.2, 0.25) is 0 Å². The Balaban J connectivity index is 1.06. The van der Waals surface area contributed by atoms with Crippen molar-refractivity contribution in [2.75, 3.05) is 4.90 Å². The molecule has 0 aliphatic heterocycles. The Bertz CT molecular complexity index is 2740. The molecule has 0 atom stereocenters. The van der Waals surface area contributed by atoms with Gasteiger partial charge in [0.15, 0.2) is 0 Å². The van der Waals surface area contributed by atoms with Crippen LogP contribution in [0, 0.1) is 23.7 Å². The van der Waals surface area contributed by atoms with Crippen molar-refractivity contribution >= 4 is 17.1 Å². The standard InChI is InChI=1S/C58H51N/c1-4-14-40(15-5-1)42-22-27-56(50(35-42)41-16-6-2-7-17-41)59(45-24-26-53-51(36-45)48-19-8-10-20-52(48)57(53)28-12-3-13-29-57)46-23-25-49-47-18-9-11-21-54(47)58(55(49)37-46)43-31-38-30-39(33-43)34-44(58)32-38/h1-2,4-11,14-27,35-39,43-44H,3,12-13,28-34H2. The number of fused-ring (bicyclic) bond motifs is 8. The Hall–Kier alpha value is -5.66. The maximum Gasteiger partial charge on any atom is 0.0540 e. The van der Waals surface area contributed by atoms with E-state index < -0.39 is 0 Å². The zero-order valence-corrected chi connectivity index (χ0v) is 33.9. The van der Waals surface area contributed by atoms with Crippen molar-refractivity contribution in [2.45, 2.75) is 75.0 Å². The van der Waals surface area contributed by atoms with Crippen molar-refractivity contribution in [1.29, 1.82) is 0 Å².